The molecule has 2 aliphatic carbocycles. The Hall–Kier alpha value is -1.10. The van der Waals surface area contributed by atoms with E-state index in [2.05, 4.69) is 27.8 Å². The zero-order valence-electron chi connectivity index (χ0n) is 11.0. The molecule has 2 N–H and O–H groups in total. The quantitative estimate of drug-likeness (QED) is 0.692. The molecule has 100 valence electrons. The van der Waals surface area contributed by atoms with E-state index in [1.807, 2.05) is 0 Å². The maximum Gasteiger partial charge on any atom is 0.315 e. The summed E-state index contributed by atoms with van der Waals surface area (Å²) in [5, 5.41) is 14.6. The van der Waals surface area contributed by atoms with Gasteiger partial charge in [0.1, 0.15) is 0 Å². The summed E-state index contributed by atoms with van der Waals surface area (Å²) in [4.78, 5) is 0. The molecule has 0 saturated heterocycles. The molecule has 2 fully saturated rings. The summed E-state index contributed by atoms with van der Waals surface area (Å²) < 4.78 is 5.56. The van der Waals surface area contributed by atoms with Gasteiger partial charge in [-0.05, 0) is 50.0 Å². The van der Waals surface area contributed by atoms with Crippen molar-refractivity contribution in [3.63, 3.8) is 0 Å². The normalized spacial score (nSPS) is 20.9. The Kier molecular flexibility index (Phi) is 3.24. The van der Waals surface area contributed by atoms with Gasteiger partial charge in [-0.25, -0.2) is 0 Å². The van der Waals surface area contributed by atoms with E-state index in [0.29, 0.717) is 23.9 Å². The number of nitrogens with zero attached hydrogens (tertiary/aromatic N) is 2. The fourth-order valence-electron chi connectivity index (χ4n) is 2.61. The van der Waals surface area contributed by atoms with Crippen LogP contribution < -0.4 is 10.6 Å². The fourth-order valence-corrected chi connectivity index (χ4v) is 2.61. The van der Waals surface area contributed by atoms with Gasteiger partial charge in [0, 0.05) is 6.54 Å². The van der Waals surface area contributed by atoms with Gasteiger partial charge in [-0.2, -0.15) is 0 Å². The third-order valence-electron chi connectivity index (χ3n) is 4.10. The molecule has 2 aliphatic rings. The van der Waals surface area contributed by atoms with Gasteiger partial charge in [-0.15, -0.1) is 5.10 Å². The summed E-state index contributed by atoms with van der Waals surface area (Å²) in [5.41, 5.74) is 0.565. The maximum atomic E-state index is 5.56. The van der Waals surface area contributed by atoms with Crippen molar-refractivity contribution >= 4 is 6.01 Å². The molecule has 5 heteroatoms. The Morgan fingerprint density at radius 1 is 1.33 bits per heavy atom. The smallest absolute Gasteiger partial charge is 0.315 e. The molecule has 1 heterocycles. The number of hydrogen-bond acceptors (Lipinski definition) is 5. The number of hydrogen-bond donors (Lipinski definition) is 2. The van der Waals surface area contributed by atoms with E-state index >= 15 is 0 Å². The number of nitrogens with one attached hydrogen (secondary N) is 2. The Morgan fingerprint density at radius 2 is 2.17 bits per heavy atom. The number of aromatic nitrogens is 2. The molecule has 0 spiro atoms. The summed E-state index contributed by atoms with van der Waals surface area (Å²) >= 11 is 0. The summed E-state index contributed by atoms with van der Waals surface area (Å²) in [7, 11) is 0. The van der Waals surface area contributed by atoms with Crippen molar-refractivity contribution in [3.05, 3.63) is 5.89 Å². The highest BCUT2D eigenvalue weighted by Crippen LogP contribution is 2.61. The van der Waals surface area contributed by atoms with Gasteiger partial charge in [0.25, 0.3) is 0 Å². The average Bonchev–Trinajstić information content (AvgIpc) is 3.27. The zero-order valence-corrected chi connectivity index (χ0v) is 11.0. The highest BCUT2D eigenvalue weighted by Gasteiger charge is 2.53. The highest BCUT2D eigenvalue weighted by atomic mass is 16.4. The maximum absolute atomic E-state index is 5.56. The Bertz CT molecular complexity index is 395. The molecule has 0 atom stereocenters. The van der Waals surface area contributed by atoms with Gasteiger partial charge in [0.05, 0.1) is 6.54 Å². The van der Waals surface area contributed by atoms with Crippen LogP contribution in [-0.2, 0) is 6.54 Å². The minimum absolute atomic E-state index is 0.565. The van der Waals surface area contributed by atoms with E-state index in [0.717, 1.165) is 25.4 Å². The second-order valence-electron chi connectivity index (χ2n) is 5.67. The Balaban J connectivity index is 1.45. The lowest BCUT2D eigenvalue weighted by Crippen LogP contribution is -2.17. The van der Waals surface area contributed by atoms with E-state index in [1.54, 1.807) is 0 Å². The van der Waals surface area contributed by atoms with Crippen LogP contribution in [-0.4, -0.2) is 23.3 Å². The van der Waals surface area contributed by atoms with E-state index in [1.165, 1.54) is 25.7 Å². The minimum Gasteiger partial charge on any atom is -0.407 e. The first-order valence-electron chi connectivity index (χ1n) is 7.09. The summed E-state index contributed by atoms with van der Waals surface area (Å²) in [6.45, 7) is 4.79. The number of rotatable bonds is 8. The van der Waals surface area contributed by atoms with Gasteiger partial charge in [0.15, 0.2) is 0 Å². The summed E-state index contributed by atoms with van der Waals surface area (Å²) in [6, 6.07) is 0.579. The topological polar surface area (TPSA) is 63.0 Å². The van der Waals surface area contributed by atoms with Gasteiger partial charge in [-0.1, -0.05) is 12.0 Å². The lowest BCUT2D eigenvalue weighted by molar-refractivity contribution is 0.444. The van der Waals surface area contributed by atoms with Crippen LogP contribution in [0.5, 0.6) is 0 Å². The molecule has 0 aromatic carbocycles. The van der Waals surface area contributed by atoms with E-state index < -0.39 is 0 Å². The number of anilines is 1. The predicted molar refractivity (Wildman–Crippen MR) is 69.2 cm³/mol. The van der Waals surface area contributed by atoms with Crippen LogP contribution >= 0.6 is 0 Å². The standard InChI is InChI=1S/C13H22N4O/c1-2-7-14-8-11-16-17-12(18-11)15-9-13(5-6-13)10-3-4-10/h10,14H,2-9H2,1H3,(H,15,17). The van der Waals surface area contributed by atoms with Crippen molar-refractivity contribution in [2.45, 2.75) is 45.6 Å². The molecule has 1 aromatic rings. The van der Waals surface area contributed by atoms with E-state index in [4.69, 9.17) is 4.42 Å². The molecule has 0 aliphatic heterocycles. The molecule has 0 radical (unpaired) electrons. The van der Waals surface area contributed by atoms with Crippen LogP contribution in [0.3, 0.4) is 0 Å². The molecule has 0 bridgehead atoms. The minimum atomic E-state index is 0.565. The van der Waals surface area contributed by atoms with E-state index in [-0.39, 0.29) is 0 Å². The van der Waals surface area contributed by atoms with Gasteiger partial charge >= 0.3 is 6.01 Å². The second kappa shape index (κ2) is 4.88. The molecule has 1 aromatic heterocycles. The van der Waals surface area contributed by atoms with Gasteiger partial charge in [-0.3, -0.25) is 0 Å². The average molecular weight is 250 g/mol. The molecule has 0 amide bonds. The first-order chi connectivity index (χ1) is 8.82. The third kappa shape index (κ3) is 2.66. The van der Waals surface area contributed by atoms with Crippen molar-refractivity contribution in [1.82, 2.24) is 15.5 Å². The zero-order chi connectivity index (χ0) is 12.4. The molecule has 18 heavy (non-hydrogen) atoms. The van der Waals surface area contributed by atoms with Crippen molar-refractivity contribution < 1.29 is 4.42 Å². The van der Waals surface area contributed by atoms with Crippen molar-refractivity contribution in [2.24, 2.45) is 11.3 Å². The van der Waals surface area contributed by atoms with Crippen LogP contribution in [0.1, 0.15) is 44.9 Å². The SMILES string of the molecule is CCCNCc1nnc(NCC2(C3CC3)CC2)o1. The van der Waals surface area contributed by atoms with Crippen LogP contribution in [0.4, 0.5) is 6.01 Å². The Labute approximate surface area is 108 Å². The molecular formula is C13H22N4O. The monoisotopic (exact) mass is 250 g/mol. The fraction of sp³-hybridized carbons (Fsp3) is 0.846. The molecule has 3 rings (SSSR count). The van der Waals surface area contributed by atoms with Crippen molar-refractivity contribution in [3.8, 4) is 0 Å². The largest absolute Gasteiger partial charge is 0.407 e. The third-order valence-corrected chi connectivity index (χ3v) is 4.10. The van der Waals surface area contributed by atoms with E-state index in [9.17, 15) is 0 Å². The molecule has 0 unspecified atom stereocenters. The van der Waals surface area contributed by atoms with Gasteiger partial charge < -0.3 is 15.1 Å². The van der Waals surface area contributed by atoms with Crippen LogP contribution in [0.15, 0.2) is 4.42 Å². The summed E-state index contributed by atoms with van der Waals surface area (Å²) in [6.07, 6.45) is 6.67. The molecule has 2 saturated carbocycles. The predicted octanol–water partition coefficient (Wildman–Crippen LogP) is 2.17. The van der Waals surface area contributed by atoms with Crippen molar-refractivity contribution in [1.29, 1.82) is 0 Å². The van der Waals surface area contributed by atoms with Crippen LogP contribution in [0, 0.1) is 11.3 Å². The second-order valence-corrected chi connectivity index (χ2v) is 5.67. The first kappa shape index (κ1) is 12.0. The molecular weight excluding hydrogens is 228 g/mol. The van der Waals surface area contributed by atoms with Gasteiger partial charge in [0.2, 0.25) is 5.89 Å². The summed E-state index contributed by atoms with van der Waals surface area (Å²) in [5.74, 6) is 1.63. The highest BCUT2D eigenvalue weighted by molar-refractivity contribution is 5.21. The van der Waals surface area contributed by atoms with Crippen LogP contribution in [0.25, 0.3) is 0 Å². The van der Waals surface area contributed by atoms with Crippen LogP contribution in [0.2, 0.25) is 0 Å². The van der Waals surface area contributed by atoms with Crippen molar-refractivity contribution in [2.75, 3.05) is 18.4 Å². The lowest BCUT2D eigenvalue weighted by Gasteiger charge is -2.13. The lowest BCUT2D eigenvalue weighted by atomic mass is 10.0. The Morgan fingerprint density at radius 3 is 2.83 bits per heavy atom. The molecule has 5 nitrogen and oxygen atoms in total. The first-order valence-corrected chi connectivity index (χ1v) is 7.09.